The van der Waals surface area contributed by atoms with Crippen molar-refractivity contribution in [1.29, 1.82) is 0 Å². The number of halogens is 2. The normalized spacial score (nSPS) is 17.9. The lowest BCUT2D eigenvalue weighted by Crippen LogP contribution is -2.29. The van der Waals surface area contributed by atoms with Gasteiger partial charge in [-0.1, -0.05) is 5.16 Å². The predicted molar refractivity (Wildman–Crippen MR) is 88.7 cm³/mol. The van der Waals surface area contributed by atoms with Crippen LogP contribution in [0.5, 0.6) is 5.75 Å². The third kappa shape index (κ3) is 4.24. The van der Waals surface area contributed by atoms with Crippen molar-refractivity contribution in [2.24, 2.45) is 5.16 Å². The lowest BCUT2D eigenvalue weighted by Gasteiger charge is -2.18. The summed E-state index contributed by atoms with van der Waals surface area (Å²) in [6.07, 6.45) is -1.27. The molecule has 0 N–H and O–H groups in total. The molecule has 1 unspecified atom stereocenters. The summed E-state index contributed by atoms with van der Waals surface area (Å²) in [5.74, 6) is -0.875. The maximum Gasteiger partial charge on any atom is 0.347 e. The van der Waals surface area contributed by atoms with E-state index in [1.165, 1.54) is 19.1 Å². The summed E-state index contributed by atoms with van der Waals surface area (Å²) in [6.45, 7) is 6.08. The zero-order chi connectivity index (χ0) is 17.7. The number of ether oxygens (including phenoxy) is 3. The molecule has 0 aliphatic carbocycles. The fourth-order valence-corrected chi connectivity index (χ4v) is 2.53. The standard InChI is InChI=1S/C16H19BrFNO5/c1-4-21-14-8-23-19-15(14)10-6-11(17)12(18)7-13(10)24-9(3)16(20)22-5-2/h6-7,9,14H,4-5,8H2,1-3H3/t9-,14?/m0/s1. The van der Waals surface area contributed by atoms with Crippen LogP contribution >= 0.6 is 15.9 Å². The lowest BCUT2D eigenvalue weighted by atomic mass is 10.0. The number of rotatable bonds is 7. The highest BCUT2D eigenvalue weighted by Gasteiger charge is 2.30. The molecule has 0 bridgehead atoms. The van der Waals surface area contributed by atoms with Gasteiger partial charge >= 0.3 is 5.97 Å². The van der Waals surface area contributed by atoms with Gasteiger partial charge in [0.05, 0.1) is 11.1 Å². The van der Waals surface area contributed by atoms with Gasteiger partial charge in [0.1, 0.15) is 30.0 Å². The lowest BCUT2D eigenvalue weighted by molar-refractivity contribution is -0.150. The van der Waals surface area contributed by atoms with Crippen LogP contribution in [0.4, 0.5) is 4.39 Å². The van der Waals surface area contributed by atoms with E-state index in [1.54, 1.807) is 6.92 Å². The van der Waals surface area contributed by atoms with E-state index in [2.05, 4.69) is 21.1 Å². The third-order valence-corrected chi connectivity index (χ3v) is 3.89. The van der Waals surface area contributed by atoms with Gasteiger partial charge in [0.2, 0.25) is 0 Å². The minimum absolute atomic E-state index is 0.171. The maximum absolute atomic E-state index is 13.9. The van der Waals surface area contributed by atoms with E-state index < -0.39 is 17.9 Å². The molecule has 132 valence electrons. The molecule has 2 atom stereocenters. The number of carbonyl (C=O) groups excluding carboxylic acids is 1. The van der Waals surface area contributed by atoms with Crippen molar-refractivity contribution in [3.63, 3.8) is 0 Å². The van der Waals surface area contributed by atoms with E-state index in [-0.39, 0.29) is 29.5 Å². The zero-order valence-electron chi connectivity index (χ0n) is 13.7. The van der Waals surface area contributed by atoms with Crippen LogP contribution in [0.25, 0.3) is 0 Å². The first-order chi connectivity index (χ1) is 11.5. The predicted octanol–water partition coefficient (Wildman–Crippen LogP) is 3.06. The van der Waals surface area contributed by atoms with Crippen molar-refractivity contribution in [2.45, 2.75) is 33.0 Å². The van der Waals surface area contributed by atoms with Crippen LogP contribution in [-0.2, 0) is 19.1 Å². The molecular formula is C16H19BrFNO5. The Morgan fingerprint density at radius 2 is 2.21 bits per heavy atom. The number of hydrogen-bond acceptors (Lipinski definition) is 6. The number of nitrogens with zero attached hydrogens (tertiary/aromatic N) is 1. The van der Waals surface area contributed by atoms with E-state index in [1.807, 2.05) is 6.92 Å². The van der Waals surface area contributed by atoms with Crippen LogP contribution in [0.1, 0.15) is 26.3 Å². The van der Waals surface area contributed by atoms with Crippen molar-refractivity contribution < 1.29 is 28.2 Å². The van der Waals surface area contributed by atoms with Crippen molar-refractivity contribution in [3.8, 4) is 5.75 Å². The first-order valence-electron chi connectivity index (χ1n) is 7.62. The summed E-state index contributed by atoms with van der Waals surface area (Å²) in [4.78, 5) is 16.9. The Morgan fingerprint density at radius 3 is 2.88 bits per heavy atom. The molecule has 6 nitrogen and oxygen atoms in total. The maximum atomic E-state index is 13.9. The second-order valence-corrected chi connectivity index (χ2v) is 5.85. The second kappa shape index (κ2) is 8.43. The fourth-order valence-electron chi connectivity index (χ4n) is 2.19. The molecule has 1 aliphatic rings. The van der Waals surface area contributed by atoms with E-state index >= 15 is 0 Å². The van der Waals surface area contributed by atoms with Gasteiger partial charge < -0.3 is 19.0 Å². The average molecular weight is 404 g/mol. The monoisotopic (exact) mass is 403 g/mol. The summed E-state index contributed by atoms with van der Waals surface area (Å²) >= 11 is 3.15. The molecule has 8 heteroatoms. The van der Waals surface area contributed by atoms with Crippen LogP contribution in [0.3, 0.4) is 0 Å². The Hall–Kier alpha value is -1.67. The molecule has 0 spiro atoms. The Balaban J connectivity index is 2.33. The molecule has 0 amide bonds. The Kier molecular flexibility index (Phi) is 6.56. The topological polar surface area (TPSA) is 66.4 Å². The smallest absolute Gasteiger partial charge is 0.347 e. The number of oxime groups is 1. The van der Waals surface area contributed by atoms with Crippen molar-refractivity contribution in [1.82, 2.24) is 0 Å². The van der Waals surface area contributed by atoms with E-state index in [0.717, 1.165) is 0 Å². The zero-order valence-corrected chi connectivity index (χ0v) is 15.3. The SMILES string of the molecule is CCOC(=O)[C@H](C)Oc1cc(F)c(Br)cc1C1=NOCC1OCC. The molecule has 24 heavy (non-hydrogen) atoms. The molecule has 0 fully saturated rings. The first-order valence-corrected chi connectivity index (χ1v) is 8.41. The van der Waals surface area contributed by atoms with Gasteiger partial charge in [0, 0.05) is 18.2 Å². The molecule has 2 rings (SSSR count). The first kappa shape index (κ1) is 18.7. The molecule has 0 aromatic heterocycles. The van der Waals surface area contributed by atoms with Crippen LogP contribution in [0, 0.1) is 5.82 Å². The highest BCUT2D eigenvalue weighted by atomic mass is 79.9. The van der Waals surface area contributed by atoms with E-state index in [9.17, 15) is 9.18 Å². The number of hydrogen-bond donors (Lipinski definition) is 0. The highest BCUT2D eigenvalue weighted by Crippen LogP contribution is 2.30. The molecular weight excluding hydrogens is 385 g/mol. The van der Waals surface area contributed by atoms with Gasteiger partial charge in [-0.25, -0.2) is 9.18 Å². The second-order valence-electron chi connectivity index (χ2n) is 4.99. The summed E-state index contributed by atoms with van der Waals surface area (Å²) < 4.78 is 30.3. The Bertz CT molecular complexity index is 637. The molecule has 0 saturated heterocycles. The molecule has 1 aliphatic heterocycles. The third-order valence-electron chi connectivity index (χ3n) is 3.28. The minimum Gasteiger partial charge on any atom is -0.478 e. The van der Waals surface area contributed by atoms with Gasteiger partial charge in [-0.15, -0.1) is 0 Å². The summed E-state index contributed by atoms with van der Waals surface area (Å²) in [7, 11) is 0. The van der Waals surface area contributed by atoms with E-state index in [0.29, 0.717) is 17.9 Å². The van der Waals surface area contributed by atoms with Crippen molar-refractivity contribution >= 4 is 27.6 Å². The number of esters is 1. The highest BCUT2D eigenvalue weighted by molar-refractivity contribution is 9.10. The van der Waals surface area contributed by atoms with Gasteiger partial charge in [0.25, 0.3) is 0 Å². The summed E-state index contributed by atoms with van der Waals surface area (Å²) in [5.41, 5.74) is 0.985. The van der Waals surface area contributed by atoms with Crippen molar-refractivity contribution in [3.05, 3.63) is 28.0 Å². The molecule has 1 aromatic carbocycles. The van der Waals surface area contributed by atoms with Crippen molar-refractivity contribution in [2.75, 3.05) is 19.8 Å². The van der Waals surface area contributed by atoms with E-state index in [4.69, 9.17) is 19.0 Å². The van der Waals surface area contributed by atoms with Crippen LogP contribution in [0.2, 0.25) is 0 Å². The number of benzene rings is 1. The van der Waals surface area contributed by atoms with Crippen LogP contribution in [-0.4, -0.2) is 43.7 Å². The van der Waals surface area contributed by atoms with Gasteiger partial charge in [-0.2, -0.15) is 0 Å². The molecule has 1 aromatic rings. The minimum atomic E-state index is -0.891. The van der Waals surface area contributed by atoms with Gasteiger partial charge in [0.15, 0.2) is 6.10 Å². The Labute approximate surface area is 148 Å². The molecule has 0 radical (unpaired) electrons. The summed E-state index contributed by atoms with van der Waals surface area (Å²) in [6, 6.07) is 2.72. The largest absolute Gasteiger partial charge is 0.478 e. The molecule has 0 saturated carbocycles. The Morgan fingerprint density at radius 1 is 1.46 bits per heavy atom. The van der Waals surface area contributed by atoms with Gasteiger partial charge in [-0.3, -0.25) is 0 Å². The number of carbonyl (C=O) groups is 1. The molecule has 1 heterocycles. The quantitative estimate of drug-likeness (QED) is 0.654. The summed E-state index contributed by atoms with van der Waals surface area (Å²) in [5, 5.41) is 3.98. The fraction of sp³-hybridized carbons (Fsp3) is 0.500. The average Bonchev–Trinajstić information content (AvgIpc) is 2.99. The van der Waals surface area contributed by atoms with Crippen LogP contribution in [0.15, 0.2) is 21.8 Å². The van der Waals surface area contributed by atoms with Crippen LogP contribution < -0.4 is 4.74 Å². The van der Waals surface area contributed by atoms with Gasteiger partial charge in [-0.05, 0) is 42.8 Å².